The fraction of sp³-hybridized carbons (Fsp3) is 0.300. The third-order valence-corrected chi connectivity index (χ3v) is 2.07. The maximum absolute atomic E-state index is 10.8. The van der Waals surface area contributed by atoms with Gasteiger partial charge >= 0.3 is 0 Å². The van der Waals surface area contributed by atoms with E-state index in [-0.39, 0.29) is 18.6 Å². The Hall–Kier alpha value is -1.35. The maximum Gasteiger partial charge on any atom is 0.246 e. The van der Waals surface area contributed by atoms with E-state index in [0.29, 0.717) is 6.54 Å². The molecule has 1 unspecified atom stereocenters. The minimum atomic E-state index is -0.0350. The van der Waals surface area contributed by atoms with Crippen molar-refractivity contribution in [2.75, 3.05) is 13.2 Å². The first-order chi connectivity index (χ1) is 6.36. The van der Waals surface area contributed by atoms with E-state index in [0.717, 1.165) is 5.56 Å². The molecular formula is C10H11NO2. The number of amides is 1. The van der Waals surface area contributed by atoms with Crippen LogP contribution >= 0.6 is 0 Å². The van der Waals surface area contributed by atoms with Gasteiger partial charge < -0.3 is 10.1 Å². The van der Waals surface area contributed by atoms with E-state index in [1.807, 2.05) is 30.3 Å². The molecule has 1 amide bonds. The molecule has 1 N–H and O–H groups in total. The smallest absolute Gasteiger partial charge is 0.246 e. The van der Waals surface area contributed by atoms with Crippen LogP contribution in [-0.4, -0.2) is 19.1 Å². The highest BCUT2D eigenvalue weighted by atomic mass is 16.5. The van der Waals surface area contributed by atoms with Crippen LogP contribution in [0.5, 0.6) is 0 Å². The Morgan fingerprint density at radius 3 is 2.69 bits per heavy atom. The molecule has 0 saturated carbocycles. The van der Waals surface area contributed by atoms with Crippen molar-refractivity contribution in [1.82, 2.24) is 5.32 Å². The number of nitrogens with one attached hydrogen (secondary N) is 1. The second-order valence-corrected chi connectivity index (χ2v) is 3.01. The Balaban J connectivity index is 2.07. The molecule has 0 aromatic heterocycles. The number of carbonyl (C=O) groups is 1. The fourth-order valence-electron chi connectivity index (χ4n) is 1.37. The molecule has 0 aliphatic carbocycles. The number of morpholine rings is 1. The van der Waals surface area contributed by atoms with E-state index in [4.69, 9.17) is 4.74 Å². The number of hydrogen-bond donors (Lipinski definition) is 1. The van der Waals surface area contributed by atoms with Crippen molar-refractivity contribution in [2.45, 2.75) is 6.10 Å². The summed E-state index contributed by atoms with van der Waals surface area (Å²) in [6, 6.07) is 9.90. The van der Waals surface area contributed by atoms with Crippen LogP contribution in [0.25, 0.3) is 0 Å². The van der Waals surface area contributed by atoms with Gasteiger partial charge in [-0.05, 0) is 5.56 Å². The molecule has 3 nitrogen and oxygen atoms in total. The van der Waals surface area contributed by atoms with Crippen molar-refractivity contribution in [1.29, 1.82) is 0 Å². The van der Waals surface area contributed by atoms with Crippen molar-refractivity contribution in [3.8, 4) is 0 Å². The Morgan fingerprint density at radius 1 is 1.31 bits per heavy atom. The number of benzene rings is 1. The number of carbonyl (C=O) groups excluding carboxylic acids is 1. The minimum Gasteiger partial charge on any atom is -0.362 e. The quantitative estimate of drug-likeness (QED) is 0.691. The maximum atomic E-state index is 10.8. The van der Waals surface area contributed by atoms with Crippen molar-refractivity contribution in [3.05, 3.63) is 35.9 Å². The van der Waals surface area contributed by atoms with E-state index < -0.39 is 0 Å². The predicted octanol–water partition coefficient (Wildman–Crippen LogP) is 0.874. The molecule has 1 fully saturated rings. The summed E-state index contributed by atoms with van der Waals surface area (Å²) >= 11 is 0. The van der Waals surface area contributed by atoms with Gasteiger partial charge in [0, 0.05) is 6.54 Å². The molecule has 68 valence electrons. The summed E-state index contributed by atoms with van der Waals surface area (Å²) in [5.41, 5.74) is 1.11. The third kappa shape index (κ3) is 1.87. The SMILES string of the molecule is O=C1COC(c2ccccc2)CN1. The highest BCUT2D eigenvalue weighted by Crippen LogP contribution is 2.17. The summed E-state index contributed by atoms with van der Waals surface area (Å²) < 4.78 is 5.36. The summed E-state index contributed by atoms with van der Waals surface area (Å²) in [4.78, 5) is 10.8. The average Bonchev–Trinajstić information content (AvgIpc) is 2.20. The highest BCUT2D eigenvalue weighted by Gasteiger charge is 2.19. The molecule has 2 rings (SSSR count). The van der Waals surface area contributed by atoms with E-state index >= 15 is 0 Å². The van der Waals surface area contributed by atoms with Crippen LogP contribution in [0, 0.1) is 0 Å². The van der Waals surface area contributed by atoms with Gasteiger partial charge in [-0.25, -0.2) is 0 Å². The van der Waals surface area contributed by atoms with Crippen molar-refractivity contribution < 1.29 is 9.53 Å². The average molecular weight is 177 g/mol. The summed E-state index contributed by atoms with van der Waals surface area (Å²) in [6.07, 6.45) is 0.0129. The van der Waals surface area contributed by atoms with Gasteiger partial charge in [-0.3, -0.25) is 4.79 Å². The Kier molecular flexibility index (Phi) is 2.27. The molecule has 1 atom stereocenters. The minimum absolute atomic E-state index is 0.0129. The van der Waals surface area contributed by atoms with Crippen LogP contribution in [-0.2, 0) is 9.53 Å². The summed E-state index contributed by atoms with van der Waals surface area (Å²) in [7, 11) is 0. The van der Waals surface area contributed by atoms with Gasteiger partial charge in [0.25, 0.3) is 0 Å². The zero-order valence-corrected chi connectivity index (χ0v) is 7.19. The van der Waals surface area contributed by atoms with Gasteiger partial charge in [0.2, 0.25) is 5.91 Å². The standard InChI is InChI=1S/C10H11NO2/c12-10-7-13-9(6-11-10)8-4-2-1-3-5-8/h1-5,9H,6-7H2,(H,11,12). The lowest BCUT2D eigenvalue weighted by molar-refractivity contribution is -0.133. The van der Waals surface area contributed by atoms with Gasteiger partial charge in [-0.15, -0.1) is 0 Å². The van der Waals surface area contributed by atoms with E-state index in [1.165, 1.54) is 0 Å². The molecule has 0 bridgehead atoms. The lowest BCUT2D eigenvalue weighted by atomic mass is 10.1. The molecule has 1 aliphatic rings. The Labute approximate surface area is 76.7 Å². The lowest BCUT2D eigenvalue weighted by Gasteiger charge is -2.23. The zero-order chi connectivity index (χ0) is 9.10. The number of rotatable bonds is 1. The molecule has 1 aromatic rings. The summed E-state index contributed by atoms with van der Waals surface area (Å²) in [5.74, 6) is -0.0350. The molecule has 3 heteroatoms. The van der Waals surface area contributed by atoms with E-state index in [2.05, 4.69) is 5.32 Å². The normalized spacial score (nSPS) is 22.5. The van der Waals surface area contributed by atoms with Crippen LogP contribution in [0.2, 0.25) is 0 Å². The molecule has 13 heavy (non-hydrogen) atoms. The van der Waals surface area contributed by atoms with Crippen LogP contribution in [0.3, 0.4) is 0 Å². The number of ether oxygens (including phenoxy) is 1. The second kappa shape index (κ2) is 3.58. The monoisotopic (exact) mass is 177 g/mol. The van der Waals surface area contributed by atoms with Crippen LogP contribution < -0.4 is 5.32 Å². The lowest BCUT2D eigenvalue weighted by Crippen LogP contribution is -2.38. The molecule has 1 aliphatic heterocycles. The molecule has 1 heterocycles. The van der Waals surface area contributed by atoms with Crippen LogP contribution in [0.4, 0.5) is 0 Å². The van der Waals surface area contributed by atoms with Crippen molar-refractivity contribution in [2.24, 2.45) is 0 Å². The first-order valence-electron chi connectivity index (χ1n) is 4.29. The van der Waals surface area contributed by atoms with Gasteiger partial charge in [0.15, 0.2) is 0 Å². The molecule has 1 aromatic carbocycles. The third-order valence-electron chi connectivity index (χ3n) is 2.07. The Bertz CT molecular complexity index is 287. The van der Waals surface area contributed by atoms with Gasteiger partial charge in [-0.2, -0.15) is 0 Å². The summed E-state index contributed by atoms with van der Waals surface area (Å²) in [5, 5.41) is 2.77. The van der Waals surface area contributed by atoms with Gasteiger partial charge in [-0.1, -0.05) is 30.3 Å². The van der Waals surface area contributed by atoms with Crippen molar-refractivity contribution >= 4 is 5.91 Å². The largest absolute Gasteiger partial charge is 0.362 e. The van der Waals surface area contributed by atoms with E-state index in [9.17, 15) is 4.79 Å². The summed E-state index contributed by atoms with van der Waals surface area (Å²) in [6.45, 7) is 0.738. The zero-order valence-electron chi connectivity index (χ0n) is 7.19. The number of hydrogen-bond acceptors (Lipinski definition) is 2. The van der Waals surface area contributed by atoms with Crippen LogP contribution in [0.15, 0.2) is 30.3 Å². The van der Waals surface area contributed by atoms with Gasteiger partial charge in [0.1, 0.15) is 12.7 Å². The molecule has 1 saturated heterocycles. The first kappa shape index (κ1) is 8.26. The van der Waals surface area contributed by atoms with E-state index in [1.54, 1.807) is 0 Å². The molecule has 0 radical (unpaired) electrons. The molecular weight excluding hydrogens is 166 g/mol. The van der Waals surface area contributed by atoms with Gasteiger partial charge in [0.05, 0.1) is 0 Å². The highest BCUT2D eigenvalue weighted by molar-refractivity contribution is 5.77. The fourth-order valence-corrected chi connectivity index (χ4v) is 1.37. The second-order valence-electron chi connectivity index (χ2n) is 3.01. The topological polar surface area (TPSA) is 38.3 Å². The Morgan fingerprint density at radius 2 is 2.08 bits per heavy atom. The van der Waals surface area contributed by atoms with Crippen LogP contribution in [0.1, 0.15) is 11.7 Å². The molecule has 0 spiro atoms. The van der Waals surface area contributed by atoms with Crippen molar-refractivity contribution in [3.63, 3.8) is 0 Å². The first-order valence-corrected chi connectivity index (χ1v) is 4.29. The predicted molar refractivity (Wildman–Crippen MR) is 48.1 cm³/mol.